The zero-order valence-corrected chi connectivity index (χ0v) is 12.2. The van der Waals surface area contributed by atoms with Gasteiger partial charge < -0.3 is 0 Å². The molecule has 0 aromatic heterocycles. The summed E-state index contributed by atoms with van der Waals surface area (Å²) in [6.07, 6.45) is 0.752. The highest BCUT2D eigenvalue weighted by Crippen LogP contribution is 2.23. The van der Waals surface area contributed by atoms with E-state index in [1.165, 1.54) is 0 Å². The predicted octanol–water partition coefficient (Wildman–Crippen LogP) is 3.39. The molecule has 3 heteroatoms. The molecule has 0 radical (unpaired) electrons. The van der Waals surface area contributed by atoms with Gasteiger partial charge in [0.25, 0.3) is 0 Å². The molecule has 2 nitrogen and oxygen atoms in total. The second kappa shape index (κ2) is 6.06. The Balaban J connectivity index is 3.09. The Kier molecular flexibility index (Phi) is 4.98. The summed E-state index contributed by atoms with van der Waals surface area (Å²) >= 11 is 0. The molecule has 0 saturated heterocycles. The maximum atomic E-state index is 12.1. The summed E-state index contributed by atoms with van der Waals surface area (Å²) in [6, 6.07) is 7.20. The first kappa shape index (κ1) is 14.8. The molecule has 0 aliphatic rings. The molecule has 0 bridgehead atoms. The van der Waals surface area contributed by atoms with Crippen molar-refractivity contribution in [3.63, 3.8) is 0 Å². The van der Waals surface area contributed by atoms with Crippen molar-refractivity contribution in [2.75, 3.05) is 0 Å². The normalized spacial score (nSPS) is 12.9. The summed E-state index contributed by atoms with van der Waals surface area (Å²) in [5.74, 6) is 6.14. The summed E-state index contributed by atoms with van der Waals surface area (Å²) in [7, 11) is -3.19. The Morgan fingerprint density at radius 3 is 2.44 bits per heavy atom. The van der Waals surface area contributed by atoms with Crippen LogP contribution in [-0.2, 0) is 9.84 Å². The zero-order valence-electron chi connectivity index (χ0n) is 11.4. The van der Waals surface area contributed by atoms with E-state index < -0.39 is 15.1 Å². The molecule has 0 heterocycles. The molecule has 0 spiro atoms. The summed E-state index contributed by atoms with van der Waals surface area (Å²) < 4.78 is 24.2. The Morgan fingerprint density at radius 1 is 1.22 bits per heavy atom. The highest BCUT2D eigenvalue weighted by Gasteiger charge is 2.19. The van der Waals surface area contributed by atoms with E-state index >= 15 is 0 Å². The van der Waals surface area contributed by atoms with Crippen LogP contribution in [0.4, 0.5) is 0 Å². The van der Waals surface area contributed by atoms with Gasteiger partial charge >= 0.3 is 0 Å². The predicted molar refractivity (Wildman–Crippen MR) is 75.2 cm³/mol. The molecule has 98 valence electrons. The van der Waals surface area contributed by atoms with Gasteiger partial charge in [0.2, 0.25) is 0 Å². The molecule has 1 aromatic rings. The van der Waals surface area contributed by atoms with Crippen LogP contribution in [0.2, 0.25) is 0 Å². The van der Waals surface area contributed by atoms with Gasteiger partial charge in [0.05, 0.1) is 10.1 Å². The first-order valence-corrected chi connectivity index (χ1v) is 7.67. The monoisotopic (exact) mass is 264 g/mol. The molecule has 0 aliphatic carbocycles. The van der Waals surface area contributed by atoms with Crippen molar-refractivity contribution in [1.82, 2.24) is 0 Å². The number of rotatable bonds is 4. The van der Waals surface area contributed by atoms with Gasteiger partial charge in [0.15, 0.2) is 9.84 Å². The maximum absolute atomic E-state index is 12.1. The highest BCUT2D eigenvalue weighted by atomic mass is 32.2. The molecule has 0 amide bonds. The number of benzene rings is 1. The van der Waals surface area contributed by atoms with Crippen molar-refractivity contribution in [1.29, 1.82) is 0 Å². The van der Waals surface area contributed by atoms with E-state index in [1.54, 1.807) is 32.0 Å². The lowest BCUT2D eigenvalue weighted by Gasteiger charge is -2.12. The second-order valence-electron chi connectivity index (χ2n) is 4.70. The number of hydrogen-bond acceptors (Lipinski definition) is 2. The van der Waals surface area contributed by atoms with Crippen LogP contribution in [0, 0.1) is 11.8 Å². The minimum atomic E-state index is -3.19. The third-order valence-electron chi connectivity index (χ3n) is 2.96. The van der Waals surface area contributed by atoms with Crippen LogP contribution in [0.15, 0.2) is 29.2 Å². The lowest BCUT2D eigenvalue weighted by atomic mass is 9.98. The minimum Gasteiger partial charge on any atom is -0.223 e. The van der Waals surface area contributed by atoms with Crippen LogP contribution in [-0.4, -0.2) is 13.7 Å². The van der Waals surface area contributed by atoms with Gasteiger partial charge in [-0.2, -0.15) is 0 Å². The van der Waals surface area contributed by atoms with Crippen LogP contribution in [0.1, 0.15) is 45.6 Å². The molecule has 1 unspecified atom stereocenters. The zero-order chi connectivity index (χ0) is 13.8. The van der Waals surface area contributed by atoms with Gasteiger partial charge in [0.1, 0.15) is 0 Å². The lowest BCUT2D eigenvalue weighted by Crippen LogP contribution is -2.14. The van der Waals surface area contributed by atoms with Crippen molar-refractivity contribution < 1.29 is 8.42 Å². The fourth-order valence-corrected chi connectivity index (χ4v) is 2.76. The van der Waals surface area contributed by atoms with Gasteiger partial charge in [0, 0.05) is 6.42 Å². The van der Waals surface area contributed by atoms with E-state index in [0.29, 0.717) is 4.90 Å². The fraction of sp³-hybridized carbons (Fsp3) is 0.467. The van der Waals surface area contributed by atoms with Crippen LogP contribution in [0.25, 0.3) is 0 Å². The van der Waals surface area contributed by atoms with Gasteiger partial charge in [-0.05, 0) is 44.4 Å². The Hall–Kier alpha value is -1.27. The van der Waals surface area contributed by atoms with E-state index in [2.05, 4.69) is 18.8 Å². The molecule has 0 saturated carbocycles. The summed E-state index contributed by atoms with van der Waals surface area (Å²) in [6.45, 7) is 7.28. The van der Waals surface area contributed by atoms with Gasteiger partial charge in [-0.15, -0.1) is 11.8 Å². The second-order valence-corrected chi connectivity index (χ2v) is 7.20. The van der Waals surface area contributed by atoms with Crippen LogP contribution in [0.3, 0.4) is 0 Å². The van der Waals surface area contributed by atoms with Crippen LogP contribution >= 0.6 is 0 Å². The minimum absolute atomic E-state index is 0.250. The molecule has 1 aromatic carbocycles. The van der Waals surface area contributed by atoms with Crippen molar-refractivity contribution >= 4 is 9.84 Å². The molecule has 0 N–H and O–H groups in total. The average molecular weight is 264 g/mol. The van der Waals surface area contributed by atoms with Crippen molar-refractivity contribution in [3.05, 3.63) is 29.8 Å². The molecule has 1 atom stereocenters. The van der Waals surface area contributed by atoms with E-state index in [9.17, 15) is 8.42 Å². The number of sulfone groups is 1. The van der Waals surface area contributed by atoms with Crippen molar-refractivity contribution in [2.24, 2.45) is 0 Å². The summed E-state index contributed by atoms with van der Waals surface area (Å²) in [5.41, 5.74) is 1.03. The Bertz CT molecular complexity index is 560. The Morgan fingerprint density at radius 2 is 1.89 bits per heavy atom. The molecule has 0 fully saturated rings. The average Bonchev–Trinajstić information content (AvgIpc) is 2.35. The molecule has 0 aliphatic heterocycles. The van der Waals surface area contributed by atoms with E-state index in [1.807, 2.05) is 13.0 Å². The largest absolute Gasteiger partial charge is 0.223 e. The highest BCUT2D eigenvalue weighted by molar-refractivity contribution is 7.92. The van der Waals surface area contributed by atoms with Crippen LogP contribution in [0.5, 0.6) is 0 Å². The molecular formula is C15H20O2S. The van der Waals surface area contributed by atoms with Crippen molar-refractivity contribution in [2.45, 2.75) is 50.2 Å². The lowest BCUT2D eigenvalue weighted by molar-refractivity contribution is 0.587. The quantitative estimate of drug-likeness (QED) is 0.781. The summed E-state index contributed by atoms with van der Waals surface area (Å²) in [5, 5.41) is -0.390. The standard InChI is InChI=1S/C15H20O2S/c1-5-6-8-13(4)14-9-7-10-15(11-14)18(16,17)12(2)3/h7,9-13H,8H2,1-4H3. The van der Waals surface area contributed by atoms with E-state index in [-0.39, 0.29) is 5.92 Å². The SMILES string of the molecule is CC#CCC(C)c1cccc(S(=O)(=O)C(C)C)c1. The third-order valence-corrected chi connectivity index (χ3v) is 5.11. The number of hydrogen-bond donors (Lipinski definition) is 0. The molecular weight excluding hydrogens is 244 g/mol. The van der Waals surface area contributed by atoms with E-state index in [4.69, 9.17) is 0 Å². The molecule has 18 heavy (non-hydrogen) atoms. The summed E-state index contributed by atoms with van der Waals surface area (Å²) in [4.78, 5) is 0.409. The van der Waals surface area contributed by atoms with Crippen LogP contribution < -0.4 is 0 Å². The smallest absolute Gasteiger partial charge is 0.180 e. The van der Waals surface area contributed by atoms with Gasteiger partial charge in [-0.25, -0.2) is 8.42 Å². The maximum Gasteiger partial charge on any atom is 0.180 e. The van der Waals surface area contributed by atoms with Gasteiger partial charge in [-0.1, -0.05) is 19.1 Å². The topological polar surface area (TPSA) is 34.1 Å². The van der Waals surface area contributed by atoms with Crippen molar-refractivity contribution in [3.8, 4) is 11.8 Å². The molecule has 1 rings (SSSR count). The fourth-order valence-electron chi connectivity index (χ4n) is 1.64. The Labute approximate surface area is 110 Å². The first-order valence-electron chi connectivity index (χ1n) is 6.13. The van der Waals surface area contributed by atoms with Gasteiger partial charge in [-0.3, -0.25) is 0 Å². The third kappa shape index (κ3) is 3.36. The first-order chi connectivity index (χ1) is 8.39. The van der Waals surface area contributed by atoms with E-state index in [0.717, 1.165) is 12.0 Å².